The summed E-state index contributed by atoms with van der Waals surface area (Å²) in [5.41, 5.74) is 2.36. The number of nitrogens with one attached hydrogen (secondary N) is 1. The number of hydrogen-bond donors (Lipinski definition) is 1. The van der Waals surface area contributed by atoms with Gasteiger partial charge in [-0.05, 0) is 69.3 Å². The minimum atomic E-state index is 0.0380. The van der Waals surface area contributed by atoms with E-state index in [2.05, 4.69) is 70.3 Å². The van der Waals surface area contributed by atoms with Gasteiger partial charge in [-0.3, -0.25) is 9.69 Å². The maximum absolute atomic E-state index is 12.7. The van der Waals surface area contributed by atoms with E-state index in [0.717, 1.165) is 51.0 Å². The van der Waals surface area contributed by atoms with E-state index in [0.29, 0.717) is 18.3 Å². The lowest BCUT2D eigenvalue weighted by atomic mass is 9.87. The van der Waals surface area contributed by atoms with Gasteiger partial charge < -0.3 is 14.7 Å². The van der Waals surface area contributed by atoms with E-state index < -0.39 is 0 Å². The molecule has 1 unspecified atom stereocenters. The van der Waals surface area contributed by atoms with E-state index in [1.54, 1.807) is 0 Å². The van der Waals surface area contributed by atoms with E-state index in [9.17, 15) is 4.79 Å². The number of carbonyl (C=O) groups excluding carboxylic acids is 1. The Hall–Kier alpha value is -2.25. The Balaban J connectivity index is 1.23. The molecular formula is C27H41N5O2. The fourth-order valence-electron chi connectivity index (χ4n) is 5.00. The molecule has 2 aliphatic heterocycles. The predicted octanol–water partition coefficient (Wildman–Crippen LogP) is 4.24. The van der Waals surface area contributed by atoms with Gasteiger partial charge in [-0.1, -0.05) is 56.6 Å². The summed E-state index contributed by atoms with van der Waals surface area (Å²) in [4.78, 5) is 22.1. The van der Waals surface area contributed by atoms with Crippen LogP contribution in [-0.4, -0.2) is 65.1 Å². The molecule has 0 spiro atoms. The molecule has 4 rings (SSSR count). The van der Waals surface area contributed by atoms with Crippen LogP contribution in [0.4, 0.5) is 0 Å². The van der Waals surface area contributed by atoms with Crippen LogP contribution in [0.15, 0.2) is 28.8 Å². The highest BCUT2D eigenvalue weighted by molar-refractivity contribution is 5.78. The van der Waals surface area contributed by atoms with Gasteiger partial charge >= 0.3 is 0 Å². The smallest absolute Gasteiger partial charge is 0.241 e. The predicted molar refractivity (Wildman–Crippen MR) is 134 cm³/mol. The first-order chi connectivity index (χ1) is 16.4. The van der Waals surface area contributed by atoms with Crippen LogP contribution in [0.25, 0.3) is 11.4 Å². The van der Waals surface area contributed by atoms with Crippen LogP contribution in [0.5, 0.6) is 0 Å². The Labute approximate surface area is 204 Å². The molecular weight excluding hydrogens is 426 g/mol. The average molecular weight is 468 g/mol. The van der Waals surface area contributed by atoms with Crippen molar-refractivity contribution in [1.29, 1.82) is 0 Å². The SMILES string of the molecule is CC(C)(C)c1ccc(-c2noc(CN3CCCC(C(=O)NCCCN4CCCCC4)C3)n2)cc1. The molecule has 2 aliphatic rings. The maximum atomic E-state index is 12.7. The van der Waals surface area contributed by atoms with Crippen molar-refractivity contribution < 1.29 is 9.32 Å². The lowest BCUT2D eigenvalue weighted by Gasteiger charge is -2.31. The number of aromatic nitrogens is 2. The van der Waals surface area contributed by atoms with Crippen LogP contribution in [0, 0.1) is 5.92 Å². The number of piperidine rings is 2. The molecule has 1 aromatic carbocycles. The van der Waals surface area contributed by atoms with Crippen molar-refractivity contribution in [3.63, 3.8) is 0 Å². The van der Waals surface area contributed by atoms with E-state index in [-0.39, 0.29) is 17.2 Å². The van der Waals surface area contributed by atoms with Crippen molar-refractivity contribution in [1.82, 2.24) is 25.3 Å². The van der Waals surface area contributed by atoms with Crippen LogP contribution in [-0.2, 0) is 16.8 Å². The fourth-order valence-corrected chi connectivity index (χ4v) is 5.00. The molecule has 1 aromatic heterocycles. The van der Waals surface area contributed by atoms with Gasteiger partial charge in [0.1, 0.15) is 0 Å². The van der Waals surface area contributed by atoms with Crippen LogP contribution in [0.1, 0.15) is 70.8 Å². The number of rotatable bonds is 8. The summed E-state index contributed by atoms with van der Waals surface area (Å²) in [6.07, 6.45) is 6.99. The monoisotopic (exact) mass is 467 g/mol. The number of likely N-dealkylation sites (tertiary alicyclic amines) is 2. The van der Waals surface area contributed by atoms with Crippen molar-refractivity contribution in [3.8, 4) is 11.4 Å². The lowest BCUT2D eigenvalue weighted by Crippen LogP contribution is -2.43. The van der Waals surface area contributed by atoms with Gasteiger partial charge in [0.2, 0.25) is 17.6 Å². The highest BCUT2D eigenvalue weighted by atomic mass is 16.5. The van der Waals surface area contributed by atoms with Gasteiger partial charge in [-0.15, -0.1) is 0 Å². The molecule has 0 radical (unpaired) electrons. The summed E-state index contributed by atoms with van der Waals surface area (Å²) in [6, 6.07) is 8.38. The molecule has 1 amide bonds. The summed E-state index contributed by atoms with van der Waals surface area (Å²) in [5, 5.41) is 7.36. The van der Waals surface area contributed by atoms with E-state index >= 15 is 0 Å². The fraction of sp³-hybridized carbons (Fsp3) is 0.667. The van der Waals surface area contributed by atoms with Gasteiger partial charge in [0.15, 0.2) is 0 Å². The summed E-state index contributed by atoms with van der Waals surface area (Å²) in [5.74, 6) is 1.46. The standard InChI is InChI=1S/C27H41N5O2/c1-27(2,3)23-12-10-21(11-13-23)25-29-24(34-30-25)20-32-17-7-9-22(19-32)26(33)28-14-8-18-31-15-5-4-6-16-31/h10-13,22H,4-9,14-20H2,1-3H3,(H,28,33). The van der Waals surface area contributed by atoms with Gasteiger partial charge in [-0.25, -0.2) is 0 Å². The molecule has 186 valence electrons. The largest absolute Gasteiger partial charge is 0.356 e. The summed E-state index contributed by atoms with van der Waals surface area (Å²) in [7, 11) is 0. The molecule has 0 aliphatic carbocycles. The Morgan fingerprint density at radius 1 is 1.06 bits per heavy atom. The zero-order chi connectivity index (χ0) is 24.0. The zero-order valence-corrected chi connectivity index (χ0v) is 21.2. The topological polar surface area (TPSA) is 74.5 Å². The third-order valence-electron chi connectivity index (χ3n) is 7.11. The molecule has 1 atom stereocenters. The van der Waals surface area contributed by atoms with Crippen molar-refractivity contribution in [2.75, 3.05) is 39.3 Å². The van der Waals surface area contributed by atoms with Crippen LogP contribution in [0.3, 0.4) is 0 Å². The molecule has 7 nitrogen and oxygen atoms in total. The molecule has 1 N–H and O–H groups in total. The Morgan fingerprint density at radius 2 is 1.79 bits per heavy atom. The van der Waals surface area contributed by atoms with E-state index in [4.69, 9.17) is 4.52 Å². The normalized spacial score (nSPS) is 20.4. The van der Waals surface area contributed by atoms with Crippen molar-refractivity contribution in [3.05, 3.63) is 35.7 Å². The number of hydrogen-bond acceptors (Lipinski definition) is 6. The zero-order valence-electron chi connectivity index (χ0n) is 21.2. The van der Waals surface area contributed by atoms with Gasteiger partial charge in [0.25, 0.3) is 0 Å². The summed E-state index contributed by atoms with van der Waals surface area (Å²) < 4.78 is 5.54. The minimum Gasteiger partial charge on any atom is -0.356 e. The average Bonchev–Trinajstić information content (AvgIpc) is 3.30. The Kier molecular flexibility index (Phi) is 8.37. The molecule has 7 heteroatoms. The molecule has 34 heavy (non-hydrogen) atoms. The number of benzene rings is 1. The summed E-state index contributed by atoms with van der Waals surface area (Å²) in [6.45, 7) is 13.2. The second-order valence-electron chi connectivity index (χ2n) is 11.0. The number of amides is 1. The van der Waals surface area contributed by atoms with Crippen LogP contribution in [0.2, 0.25) is 0 Å². The molecule has 0 saturated carbocycles. The lowest BCUT2D eigenvalue weighted by molar-refractivity contribution is -0.126. The van der Waals surface area contributed by atoms with Crippen molar-refractivity contribution >= 4 is 5.91 Å². The van der Waals surface area contributed by atoms with Crippen LogP contribution < -0.4 is 5.32 Å². The first-order valence-corrected chi connectivity index (χ1v) is 13.0. The Morgan fingerprint density at radius 3 is 2.53 bits per heavy atom. The van der Waals surface area contributed by atoms with E-state index in [1.165, 1.54) is 37.9 Å². The second kappa shape index (κ2) is 11.5. The van der Waals surface area contributed by atoms with Crippen molar-refractivity contribution in [2.24, 2.45) is 5.92 Å². The molecule has 2 saturated heterocycles. The highest BCUT2D eigenvalue weighted by Gasteiger charge is 2.27. The minimum absolute atomic E-state index is 0.0380. The quantitative estimate of drug-likeness (QED) is 0.586. The third kappa shape index (κ3) is 6.89. The van der Waals surface area contributed by atoms with E-state index in [1.807, 2.05) is 0 Å². The number of nitrogens with zero attached hydrogens (tertiary/aromatic N) is 4. The molecule has 2 aromatic rings. The van der Waals surface area contributed by atoms with Gasteiger partial charge in [0, 0.05) is 18.7 Å². The molecule has 3 heterocycles. The van der Waals surface area contributed by atoms with Gasteiger partial charge in [0.05, 0.1) is 12.5 Å². The maximum Gasteiger partial charge on any atom is 0.241 e. The third-order valence-corrected chi connectivity index (χ3v) is 7.11. The first-order valence-electron chi connectivity index (χ1n) is 13.0. The highest BCUT2D eigenvalue weighted by Crippen LogP contribution is 2.25. The Bertz CT molecular complexity index is 912. The molecule has 0 bridgehead atoms. The van der Waals surface area contributed by atoms with Crippen LogP contribution >= 0.6 is 0 Å². The summed E-state index contributed by atoms with van der Waals surface area (Å²) >= 11 is 0. The number of carbonyl (C=O) groups is 1. The van der Waals surface area contributed by atoms with Gasteiger partial charge in [-0.2, -0.15) is 4.98 Å². The van der Waals surface area contributed by atoms with Crippen molar-refractivity contribution in [2.45, 2.75) is 71.3 Å². The molecule has 2 fully saturated rings. The first kappa shape index (κ1) is 24.9. The second-order valence-corrected chi connectivity index (χ2v) is 11.0.